The number of benzene rings is 1. The van der Waals surface area contributed by atoms with Gasteiger partial charge in [-0.1, -0.05) is 5.16 Å². The quantitative estimate of drug-likeness (QED) is 0.826. The van der Waals surface area contributed by atoms with E-state index in [1.165, 1.54) is 12.1 Å². The molecule has 2 aromatic rings. The molecule has 24 heavy (non-hydrogen) atoms. The van der Waals surface area contributed by atoms with Crippen molar-refractivity contribution in [3.63, 3.8) is 0 Å². The van der Waals surface area contributed by atoms with Crippen LogP contribution in [-0.4, -0.2) is 68.8 Å². The summed E-state index contributed by atoms with van der Waals surface area (Å²) in [5.74, 6) is 0.290. The van der Waals surface area contributed by atoms with E-state index in [9.17, 15) is 13.2 Å². The Balaban J connectivity index is 1.77. The summed E-state index contributed by atoms with van der Waals surface area (Å²) in [5.41, 5.74) is 0.939. The Morgan fingerprint density at radius 3 is 2.33 bits per heavy atom. The summed E-state index contributed by atoms with van der Waals surface area (Å²) in [4.78, 5) is 16.6. The van der Waals surface area contributed by atoms with Crippen molar-refractivity contribution in [2.24, 2.45) is 0 Å². The number of hydrogen-bond donors (Lipinski definition) is 0. The Hall–Kier alpha value is -2.19. The van der Waals surface area contributed by atoms with E-state index in [-0.39, 0.29) is 16.5 Å². The van der Waals surface area contributed by atoms with Crippen molar-refractivity contribution >= 4 is 15.7 Å². The summed E-state index contributed by atoms with van der Waals surface area (Å²) in [5, 5.41) is 3.86. The molecule has 0 atom stereocenters. The molecule has 0 bridgehead atoms. The Bertz CT molecular complexity index is 834. The lowest BCUT2D eigenvalue weighted by molar-refractivity contribution is 0.0654. The standard InChI is InChI=1S/C16H19N3O4S/c1-18-7-9-19(10-8-18)16(20)14-11-15(23-17-14)12-3-5-13(6-4-12)24(2,21)22/h3-6,11H,7-10H2,1-2H3. The van der Waals surface area contributed by atoms with Gasteiger partial charge in [0.15, 0.2) is 21.3 Å². The van der Waals surface area contributed by atoms with Crippen molar-refractivity contribution in [1.29, 1.82) is 0 Å². The maximum Gasteiger partial charge on any atom is 0.276 e. The molecule has 1 aromatic carbocycles. The van der Waals surface area contributed by atoms with E-state index in [0.717, 1.165) is 19.3 Å². The predicted molar refractivity (Wildman–Crippen MR) is 88.4 cm³/mol. The summed E-state index contributed by atoms with van der Waals surface area (Å²) in [6, 6.07) is 7.89. The Morgan fingerprint density at radius 1 is 1.12 bits per heavy atom. The molecular weight excluding hydrogens is 330 g/mol. The number of aromatic nitrogens is 1. The fraction of sp³-hybridized carbons (Fsp3) is 0.375. The van der Waals surface area contributed by atoms with Gasteiger partial charge in [0.05, 0.1) is 4.90 Å². The van der Waals surface area contributed by atoms with Gasteiger partial charge in [-0.25, -0.2) is 8.42 Å². The van der Waals surface area contributed by atoms with Gasteiger partial charge in [-0.3, -0.25) is 4.79 Å². The second-order valence-electron chi connectivity index (χ2n) is 5.97. The number of piperazine rings is 1. The van der Waals surface area contributed by atoms with Crippen LogP contribution in [0.15, 0.2) is 39.8 Å². The van der Waals surface area contributed by atoms with Crippen molar-refractivity contribution in [3.05, 3.63) is 36.0 Å². The fourth-order valence-corrected chi connectivity index (χ4v) is 3.18. The van der Waals surface area contributed by atoms with E-state index < -0.39 is 9.84 Å². The van der Waals surface area contributed by atoms with E-state index in [2.05, 4.69) is 10.1 Å². The van der Waals surface area contributed by atoms with Gasteiger partial charge in [0.2, 0.25) is 0 Å². The second kappa shape index (κ2) is 6.37. The van der Waals surface area contributed by atoms with Crippen LogP contribution in [0.4, 0.5) is 0 Å². The third-order valence-electron chi connectivity index (χ3n) is 4.09. The zero-order chi connectivity index (χ0) is 17.3. The lowest BCUT2D eigenvalue weighted by Gasteiger charge is -2.31. The molecule has 0 radical (unpaired) electrons. The molecule has 1 saturated heterocycles. The molecule has 0 N–H and O–H groups in total. The van der Waals surface area contributed by atoms with Crippen molar-refractivity contribution in [2.45, 2.75) is 4.90 Å². The molecule has 0 saturated carbocycles. The zero-order valence-electron chi connectivity index (χ0n) is 13.6. The first-order valence-corrected chi connectivity index (χ1v) is 9.49. The van der Waals surface area contributed by atoms with Crippen LogP contribution in [0.25, 0.3) is 11.3 Å². The summed E-state index contributed by atoms with van der Waals surface area (Å²) < 4.78 is 28.2. The second-order valence-corrected chi connectivity index (χ2v) is 7.98. The van der Waals surface area contributed by atoms with E-state index in [1.807, 2.05) is 7.05 Å². The number of sulfone groups is 1. The third kappa shape index (κ3) is 3.49. The van der Waals surface area contributed by atoms with Gasteiger partial charge in [0.25, 0.3) is 5.91 Å². The lowest BCUT2D eigenvalue weighted by atomic mass is 10.1. The largest absolute Gasteiger partial charge is 0.355 e. The van der Waals surface area contributed by atoms with Gasteiger partial charge < -0.3 is 14.3 Å². The summed E-state index contributed by atoms with van der Waals surface area (Å²) >= 11 is 0. The molecule has 3 rings (SSSR count). The van der Waals surface area contributed by atoms with Crippen molar-refractivity contribution in [1.82, 2.24) is 15.0 Å². The minimum atomic E-state index is -3.24. The highest BCUT2D eigenvalue weighted by molar-refractivity contribution is 7.90. The van der Waals surface area contributed by atoms with Gasteiger partial charge in [-0.05, 0) is 31.3 Å². The molecule has 2 heterocycles. The molecular formula is C16H19N3O4S. The Morgan fingerprint density at radius 2 is 1.75 bits per heavy atom. The smallest absolute Gasteiger partial charge is 0.276 e. The SMILES string of the molecule is CN1CCN(C(=O)c2cc(-c3ccc(S(C)(=O)=O)cc3)on2)CC1. The maximum atomic E-state index is 12.4. The molecule has 8 heteroatoms. The Labute approximate surface area is 140 Å². The van der Waals surface area contributed by atoms with Gasteiger partial charge in [-0.15, -0.1) is 0 Å². The lowest BCUT2D eigenvalue weighted by Crippen LogP contribution is -2.47. The van der Waals surface area contributed by atoms with Crippen LogP contribution in [0.5, 0.6) is 0 Å². The zero-order valence-corrected chi connectivity index (χ0v) is 14.4. The predicted octanol–water partition coefficient (Wildman–Crippen LogP) is 1.13. The van der Waals surface area contributed by atoms with Gasteiger partial charge in [0, 0.05) is 44.1 Å². The van der Waals surface area contributed by atoms with Crippen LogP contribution < -0.4 is 0 Å². The topological polar surface area (TPSA) is 83.7 Å². The first-order chi connectivity index (χ1) is 11.3. The molecule has 1 amide bonds. The van der Waals surface area contributed by atoms with E-state index in [4.69, 9.17) is 4.52 Å². The normalized spacial score (nSPS) is 16.3. The Kier molecular flexibility index (Phi) is 4.42. The van der Waals surface area contributed by atoms with Crippen LogP contribution >= 0.6 is 0 Å². The van der Waals surface area contributed by atoms with Crippen LogP contribution in [0.1, 0.15) is 10.5 Å². The third-order valence-corrected chi connectivity index (χ3v) is 5.22. The number of hydrogen-bond acceptors (Lipinski definition) is 6. The summed E-state index contributed by atoms with van der Waals surface area (Å²) in [6.45, 7) is 3.01. The van der Waals surface area contributed by atoms with Crippen LogP contribution in [0.2, 0.25) is 0 Å². The molecule has 0 spiro atoms. The van der Waals surface area contributed by atoms with Crippen molar-refractivity contribution in [3.8, 4) is 11.3 Å². The fourth-order valence-electron chi connectivity index (χ4n) is 2.55. The number of carbonyl (C=O) groups is 1. The first-order valence-electron chi connectivity index (χ1n) is 7.59. The number of nitrogens with zero attached hydrogens (tertiary/aromatic N) is 3. The van der Waals surface area contributed by atoms with E-state index in [1.54, 1.807) is 23.1 Å². The molecule has 1 fully saturated rings. The van der Waals surface area contributed by atoms with Crippen molar-refractivity contribution < 1.29 is 17.7 Å². The number of carbonyl (C=O) groups excluding carboxylic acids is 1. The molecule has 0 unspecified atom stereocenters. The molecule has 1 aliphatic heterocycles. The van der Waals surface area contributed by atoms with Crippen LogP contribution in [0.3, 0.4) is 0 Å². The number of rotatable bonds is 3. The highest BCUT2D eigenvalue weighted by Crippen LogP contribution is 2.23. The van der Waals surface area contributed by atoms with Crippen LogP contribution in [0, 0.1) is 0 Å². The summed E-state index contributed by atoms with van der Waals surface area (Å²) in [6.07, 6.45) is 1.16. The monoisotopic (exact) mass is 349 g/mol. The van der Waals surface area contributed by atoms with Gasteiger partial charge >= 0.3 is 0 Å². The van der Waals surface area contributed by atoms with Crippen LogP contribution in [-0.2, 0) is 9.84 Å². The van der Waals surface area contributed by atoms with E-state index >= 15 is 0 Å². The summed E-state index contributed by atoms with van der Waals surface area (Å²) in [7, 11) is -1.22. The van der Waals surface area contributed by atoms with Crippen molar-refractivity contribution in [2.75, 3.05) is 39.5 Å². The highest BCUT2D eigenvalue weighted by Gasteiger charge is 2.23. The highest BCUT2D eigenvalue weighted by atomic mass is 32.2. The number of amides is 1. The molecule has 1 aromatic heterocycles. The minimum Gasteiger partial charge on any atom is -0.355 e. The molecule has 0 aliphatic carbocycles. The molecule has 7 nitrogen and oxygen atoms in total. The van der Waals surface area contributed by atoms with Gasteiger partial charge in [-0.2, -0.15) is 0 Å². The molecule has 1 aliphatic rings. The number of likely N-dealkylation sites (N-methyl/N-ethyl adjacent to an activating group) is 1. The van der Waals surface area contributed by atoms with Gasteiger partial charge in [0.1, 0.15) is 0 Å². The first kappa shape index (κ1) is 16.7. The average Bonchev–Trinajstić information content (AvgIpc) is 3.04. The molecule has 128 valence electrons. The minimum absolute atomic E-state index is 0.147. The van der Waals surface area contributed by atoms with E-state index in [0.29, 0.717) is 24.4 Å². The maximum absolute atomic E-state index is 12.4. The average molecular weight is 349 g/mol.